The van der Waals surface area contributed by atoms with Gasteiger partial charge in [-0.15, -0.1) is 0 Å². The van der Waals surface area contributed by atoms with E-state index in [0.717, 1.165) is 85.6 Å². The maximum Gasteiger partial charge on any atom is 0.126 e. The van der Waals surface area contributed by atoms with Gasteiger partial charge in [-0.3, -0.25) is 0 Å². The van der Waals surface area contributed by atoms with Crippen molar-refractivity contribution < 1.29 is 56.8 Å². The molecule has 464 valence electrons. The van der Waals surface area contributed by atoms with Crippen LogP contribution in [0.5, 0.6) is 34.5 Å². The van der Waals surface area contributed by atoms with E-state index in [1.54, 1.807) is 0 Å². The van der Waals surface area contributed by atoms with Gasteiger partial charge in [-0.25, -0.2) is 0 Å². The number of ether oxygens (including phenoxy) is 12. The molecular formula is C75H92O12. The van der Waals surface area contributed by atoms with E-state index in [9.17, 15) is 0 Å². The molecule has 87 heavy (non-hydrogen) atoms. The van der Waals surface area contributed by atoms with Crippen LogP contribution in [0.25, 0.3) is 0 Å². The SMILES string of the molecule is CCC(CC)(Cc1cc(C(C)(C)c2ccc(OCC3CO3)cc2)cc(C(CC)(CC)Cc2cc(C(C)(C)c3ccc(OCC4CO4)cc3)ccc2OCC2CO2)c1OCC1CO1)c1cc(C(C)(C)c2ccc(OCC3CO3)cc2)ccc1OC[C@@H]1CO1. The van der Waals surface area contributed by atoms with Crippen molar-refractivity contribution in [2.75, 3.05) is 79.3 Å². The molecule has 6 aliphatic heterocycles. The number of hydrogen-bond donors (Lipinski definition) is 0. The summed E-state index contributed by atoms with van der Waals surface area (Å²) in [6, 6.07) is 44.7. The highest BCUT2D eigenvalue weighted by Crippen LogP contribution is 2.51. The third-order valence-corrected chi connectivity index (χ3v) is 20.0. The van der Waals surface area contributed by atoms with Crippen molar-refractivity contribution in [3.05, 3.63) is 177 Å². The average Bonchev–Trinajstić information content (AvgIpc) is 2.07. The molecule has 0 aliphatic carbocycles. The molecule has 0 bridgehead atoms. The van der Waals surface area contributed by atoms with Gasteiger partial charge < -0.3 is 56.8 Å². The van der Waals surface area contributed by atoms with E-state index in [1.807, 2.05) is 0 Å². The molecule has 0 N–H and O–H groups in total. The standard InChI is InChI=1S/C75H92O12/c1-11-74(12-2,66-33-55(22-30-69(66)86-47-64-44-83-64)72(7,8)52-17-25-58(26-18-52)77-38-61-41-80-61)36-50-32-56(73(9,10)53-19-27-59(28-20-53)78-39-62-42-81-62)34-67(70(50)87-48-65-45-84-65)75(13-3,14-4)35-49-31-54(21-29-68(49)85-46-63-43-82-63)71(5,6)51-15-23-57(24-16-51)76-37-60-40-79-60/h15-34,60-65H,11-14,35-48H2,1-10H3/t60?,61?,62?,63?,64-,65?/m0/s1. The molecule has 6 fully saturated rings. The van der Waals surface area contributed by atoms with Gasteiger partial charge >= 0.3 is 0 Å². The Kier molecular flexibility index (Phi) is 17.8. The summed E-state index contributed by atoms with van der Waals surface area (Å²) < 4.78 is 73.4. The Labute approximate surface area is 516 Å². The van der Waals surface area contributed by atoms with Gasteiger partial charge in [0.25, 0.3) is 0 Å². The topological polar surface area (TPSA) is 131 Å². The number of epoxide rings is 6. The maximum atomic E-state index is 7.46. The minimum absolute atomic E-state index is 0.0293. The van der Waals surface area contributed by atoms with Crippen LogP contribution in [0.1, 0.15) is 151 Å². The lowest BCUT2D eigenvalue weighted by molar-refractivity contribution is 0.244. The van der Waals surface area contributed by atoms with Gasteiger partial charge in [-0.05, 0) is 132 Å². The zero-order valence-corrected chi connectivity index (χ0v) is 53.1. The second kappa shape index (κ2) is 25.4. The van der Waals surface area contributed by atoms with Crippen LogP contribution in [-0.4, -0.2) is 116 Å². The molecule has 6 aromatic carbocycles. The van der Waals surface area contributed by atoms with Gasteiger partial charge in [-0.2, -0.15) is 0 Å². The fourth-order valence-electron chi connectivity index (χ4n) is 12.6. The largest absolute Gasteiger partial charge is 0.491 e. The van der Waals surface area contributed by atoms with Crippen LogP contribution in [0.15, 0.2) is 121 Å². The van der Waals surface area contributed by atoms with E-state index < -0.39 is 16.2 Å². The zero-order chi connectivity index (χ0) is 60.6. The summed E-state index contributed by atoms with van der Waals surface area (Å²) >= 11 is 0. The van der Waals surface area contributed by atoms with Crippen LogP contribution in [-0.2, 0) is 68.3 Å². The minimum atomic E-state index is -0.447. The Hall–Kier alpha value is -6.12. The first-order valence-electron chi connectivity index (χ1n) is 32.3. The van der Waals surface area contributed by atoms with Gasteiger partial charge in [0, 0.05) is 38.2 Å². The summed E-state index contributed by atoms with van der Waals surface area (Å²) in [6.07, 6.45) is 5.59. The van der Waals surface area contributed by atoms with E-state index >= 15 is 0 Å². The Balaban J connectivity index is 0.981. The van der Waals surface area contributed by atoms with E-state index in [0.29, 0.717) is 72.3 Å². The lowest BCUT2D eigenvalue weighted by Gasteiger charge is -2.40. The normalized spacial score (nSPS) is 21.2. The number of benzene rings is 6. The van der Waals surface area contributed by atoms with Gasteiger partial charge in [0.05, 0.1) is 39.6 Å². The van der Waals surface area contributed by atoms with Crippen molar-refractivity contribution in [1.29, 1.82) is 0 Å². The third-order valence-electron chi connectivity index (χ3n) is 20.0. The van der Waals surface area contributed by atoms with Crippen LogP contribution in [0, 0.1) is 0 Å². The predicted molar refractivity (Wildman–Crippen MR) is 338 cm³/mol. The van der Waals surface area contributed by atoms with Gasteiger partial charge in [-0.1, -0.05) is 142 Å². The Bertz CT molecular complexity index is 3280. The van der Waals surface area contributed by atoms with Crippen molar-refractivity contribution in [3.63, 3.8) is 0 Å². The van der Waals surface area contributed by atoms with Crippen molar-refractivity contribution >= 4 is 0 Å². The van der Waals surface area contributed by atoms with E-state index in [-0.39, 0.29) is 47.5 Å². The first-order chi connectivity index (χ1) is 42.0. The molecule has 6 atom stereocenters. The van der Waals surface area contributed by atoms with Crippen LogP contribution < -0.4 is 28.4 Å². The van der Waals surface area contributed by atoms with Crippen LogP contribution in [0.2, 0.25) is 0 Å². The zero-order valence-electron chi connectivity index (χ0n) is 53.1. The third kappa shape index (κ3) is 14.3. The van der Waals surface area contributed by atoms with E-state index in [2.05, 4.69) is 191 Å². The van der Waals surface area contributed by atoms with Crippen LogP contribution in [0.4, 0.5) is 0 Å². The predicted octanol–water partition coefficient (Wildman–Crippen LogP) is 13.9. The summed E-state index contributed by atoms with van der Waals surface area (Å²) in [5.41, 5.74) is 10.0. The Morgan fingerprint density at radius 3 is 1.02 bits per heavy atom. The minimum Gasteiger partial charge on any atom is -0.491 e. The van der Waals surface area contributed by atoms with E-state index in [4.69, 9.17) is 56.8 Å². The molecule has 6 aliphatic rings. The molecule has 0 spiro atoms. The fourth-order valence-corrected chi connectivity index (χ4v) is 12.6. The summed E-state index contributed by atoms with van der Waals surface area (Å²) in [5, 5.41) is 0. The highest BCUT2D eigenvalue weighted by atomic mass is 16.6. The molecule has 6 saturated heterocycles. The molecule has 0 radical (unpaired) electrons. The monoisotopic (exact) mass is 1180 g/mol. The van der Waals surface area contributed by atoms with Gasteiger partial charge in [0.2, 0.25) is 0 Å². The lowest BCUT2D eigenvalue weighted by Crippen LogP contribution is -2.33. The molecule has 5 unspecified atom stereocenters. The Morgan fingerprint density at radius 2 is 0.621 bits per heavy atom. The fraction of sp³-hybridized carbons (Fsp3) is 0.520. The molecule has 12 nitrogen and oxygen atoms in total. The molecule has 6 aromatic rings. The van der Waals surface area contributed by atoms with Crippen LogP contribution >= 0.6 is 0 Å². The molecule has 0 saturated carbocycles. The highest BCUT2D eigenvalue weighted by Gasteiger charge is 2.42. The van der Waals surface area contributed by atoms with Gasteiger partial charge in [0.1, 0.15) is 111 Å². The quantitative estimate of drug-likeness (QED) is 0.0357. The van der Waals surface area contributed by atoms with Crippen molar-refractivity contribution in [2.45, 2.75) is 171 Å². The molecule has 0 amide bonds. The molecule has 0 aromatic heterocycles. The molecule has 12 heteroatoms. The summed E-state index contributed by atoms with van der Waals surface area (Å²) in [4.78, 5) is 0. The van der Waals surface area contributed by atoms with Crippen molar-refractivity contribution in [2.24, 2.45) is 0 Å². The highest BCUT2D eigenvalue weighted by molar-refractivity contribution is 5.57. The summed E-state index contributed by atoms with van der Waals surface area (Å²) in [6.45, 7) is 31.0. The van der Waals surface area contributed by atoms with Gasteiger partial charge in [0.15, 0.2) is 0 Å². The summed E-state index contributed by atoms with van der Waals surface area (Å²) in [5.74, 6) is 5.28. The van der Waals surface area contributed by atoms with E-state index in [1.165, 1.54) is 50.1 Å². The first kappa shape index (κ1) is 61.1. The first-order valence-corrected chi connectivity index (χ1v) is 32.3. The van der Waals surface area contributed by atoms with Crippen molar-refractivity contribution in [3.8, 4) is 34.5 Å². The molecule has 6 heterocycles. The maximum absolute atomic E-state index is 7.46. The Morgan fingerprint density at radius 1 is 0.322 bits per heavy atom. The lowest BCUT2D eigenvalue weighted by atomic mass is 9.65. The van der Waals surface area contributed by atoms with Crippen LogP contribution in [0.3, 0.4) is 0 Å². The van der Waals surface area contributed by atoms with Crippen molar-refractivity contribution in [1.82, 2.24) is 0 Å². The second-order valence-electron chi connectivity index (χ2n) is 26.9. The average molecular weight is 1190 g/mol. The smallest absolute Gasteiger partial charge is 0.126 e. The molecule has 12 rings (SSSR count). The molecular weight excluding hydrogens is 1090 g/mol. The summed E-state index contributed by atoms with van der Waals surface area (Å²) in [7, 11) is 0. The number of rotatable bonds is 34. The number of hydrogen-bond acceptors (Lipinski definition) is 12. The second-order valence-corrected chi connectivity index (χ2v) is 26.9.